The Kier molecular flexibility index (Phi) is 4.63. The number of hydrogen-bond donors (Lipinski definition) is 1. The van der Waals surface area contributed by atoms with Crippen LogP contribution < -0.4 is 10.5 Å². The van der Waals surface area contributed by atoms with Crippen molar-refractivity contribution in [3.8, 4) is 0 Å². The fourth-order valence-corrected chi connectivity index (χ4v) is 2.94. The normalized spacial score (nSPS) is 11.0. The molecule has 4 aromatic rings. The lowest BCUT2D eigenvalue weighted by Gasteiger charge is -2.22. The molecule has 0 aliphatic heterocycles. The average molecular weight is 395 g/mol. The predicted molar refractivity (Wildman–Crippen MR) is 102 cm³/mol. The Morgan fingerprint density at radius 3 is 2.55 bits per heavy atom. The first-order valence-corrected chi connectivity index (χ1v) is 8.69. The zero-order valence-electron chi connectivity index (χ0n) is 15.3. The van der Waals surface area contributed by atoms with Crippen LogP contribution in [0.2, 0.25) is 0 Å². The monoisotopic (exact) mass is 395 g/mol. The summed E-state index contributed by atoms with van der Waals surface area (Å²) in [6.45, 7) is 1.56. The number of halogens is 2. The SMILES string of the molecule is Cc1cc(=O)n2[nH]c(CN(C(=O)c3ccccc3F)c3ccc(F)cc3)nc2n1. The minimum atomic E-state index is -0.678. The van der Waals surface area contributed by atoms with E-state index in [0.29, 0.717) is 11.4 Å². The number of nitrogens with zero attached hydrogens (tertiary/aromatic N) is 4. The van der Waals surface area contributed by atoms with Crippen molar-refractivity contribution in [2.45, 2.75) is 13.5 Å². The standard InChI is InChI=1S/C20H15F2N5O2/c1-12-10-18(28)27-20(23-12)24-17(25-27)11-26(14-8-6-13(21)7-9-14)19(29)15-4-2-3-5-16(15)22/h2-10H,11H2,1H3,(H,23,24,25). The maximum absolute atomic E-state index is 14.2. The summed E-state index contributed by atoms with van der Waals surface area (Å²) in [4.78, 5) is 34.8. The first kappa shape index (κ1) is 18.5. The van der Waals surface area contributed by atoms with Crippen molar-refractivity contribution in [2.75, 3.05) is 4.90 Å². The van der Waals surface area contributed by atoms with E-state index < -0.39 is 17.5 Å². The van der Waals surface area contributed by atoms with E-state index >= 15 is 0 Å². The van der Waals surface area contributed by atoms with Crippen LogP contribution in [0.15, 0.2) is 59.4 Å². The van der Waals surface area contributed by atoms with Crippen LogP contribution in [0.25, 0.3) is 5.78 Å². The molecule has 0 aliphatic rings. The Morgan fingerprint density at radius 2 is 1.83 bits per heavy atom. The van der Waals surface area contributed by atoms with Crippen LogP contribution in [-0.4, -0.2) is 25.5 Å². The number of nitrogens with one attached hydrogen (secondary N) is 1. The number of carbonyl (C=O) groups excluding carboxylic acids is 1. The van der Waals surface area contributed by atoms with Gasteiger partial charge in [-0.2, -0.15) is 9.50 Å². The highest BCUT2D eigenvalue weighted by molar-refractivity contribution is 6.06. The minimum Gasteiger partial charge on any atom is -0.301 e. The van der Waals surface area contributed by atoms with Gasteiger partial charge in [-0.1, -0.05) is 12.1 Å². The summed E-state index contributed by atoms with van der Waals surface area (Å²) >= 11 is 0. The number of amides is 1. The van der Waals surface area contributed by atoms with Gasteiger partial charge in [0.05, 0.1) is 12.1 Å². The molecule has 0 bridgehead atoms. The van der Waals surface area contributed by atoms with Crippen LogP contribution in [0.3, 0.4) is 0 Å². The topological polar surface area (TPSA) is 83.4 Å². The van der Waals surface area contributed by atoms with Crippen LogP contribution in [0.4, 0.5) is 14.5 Å². The number of aromatic amines is 1. The van der Waals surface area contributed by atoms with Gasteiger partial charge in [-0.25, -0.2) is 13.8 Å². The Hall–Kier alpha value is -3.88. The molecule has 9 heteroatoms. The maximum atomic E-state index is 14.2. The number of aromatic nitrogens is 4. The quantitative estimate of drug-likeness (QED) is 0.576. The van der Waals surface area contributed by atoms with Gasteiger partial charge in [0.1, 0.15) is 17.5 Å². The molecule has 2 aromatic carbocycles. The van der Waals surface area contributed by atoms with Crippen molar-refractivity contribution >= 4 is 17.4 Å². The van der Waals surface area contributed by atoms with Crippen molar-refractivity contribution in [2.24, 2.45) is 0 Å². The summed E-state index contributed by atoms with van der Waals surface area (Å²) in [5.41, 5.74) is 0.363. The molecule has 0 aliphatic carbocycles. The van der Waals surface area contributed by atoms with E-state index in [9.17, 15) is 18.4 Å². The minimum absolute atomic E-state index is 0.110. The maximum Gasteiger partial charge on any atom is 0.274 e. The highest BCUT2D eigenvalue weighted by atomic mass is 19.1. The van der Waals surface area contributed by atoms with Crippen molar-refractivity contribution in [1.29, 1.82) is 0 Å². The Bertz CT molecular complexity index is 1260. The first-order valence-electron chi connectivity index (χ1n) is 8.69. The fourth-order valence-electron chi connectivity index (χ4n) is 2.94. The van der Waals surface area contributed by atoms with E-state index in [1.54, 1.807) is 13.0 Å². The molecule has 0 spiro atoms. The van der Waals surface area contributed by atoms with E-state index in [1.165, 1.54) is 53.4 Å². The lowest BCUT2D eigenvalue weighted by Crippen LogP contribution is -2.31. The van der Waals surface area contributed by atoms with Crippen LogP contribution >= 0.6 is 0 Å². The molecule has 2 heterocycles. The van der Waals surface area contributed by atoms with Gasteiger partial charge in [0.2, 0.25) is 0 Å². The third-order valence-electron chi connectivity index (χ3n) is 4.30. The lowest BCUT2D eigenvalue weighted by atomic mass is 10.1. The van der Waals surface area contributed by atoms with Crippen LogP contribution in [0.5, 0.6) is 0 Å². The largest absolute Gasteiger partial charge is 0.301 e. The number of fused-ring (bicyclic) bond motifs is 1. The van der Waals surface area contributed by atoms with Gasteiger partial charge in [-0.3, -0.25) is 14.7 Å². The summed E-state index contributed by atoms with van der Waals surface area (Å²) in [6, 6.07) is 12.1. The number of hydrogen-bond acceptors (Lipinski definition) is 4. The van der Waals surface area contributed by atoms with E-state index in [2.05, 4.69) is 15.1 Å². The molecule has 7 nitrogen and oxygen atoms in total. The molecule has 0 atom stereocenters. The van der Waals surface area contributed by atoms with E-state index in [1.807, 2.05) is 0 Å². The van der Waals surface area contributed by atoms with Gasteiger partial charge >= 0.3 is 0 Å². The highest BCUT2D eigenvalue weighted by Crippen LogP contribution is 2.21. The van der Waals surface area contributed by atoms with Gasteiger partial charge in [-0.15, -0.1) is 0 Å². The zero-order valence-corrected chi connectivity index (χ0v) is 15.3. The zero-order chi connectivity index (χ0) is 20.5. The molecule has 0 radical (unpaired) electrons. The van der Waals surface area contributed by atoms with E-state index in [0.717, 1.165) is 4.52 Å². The number of carbonyl (C=O) groups is 1. The number of benzene rings is 2. The summed E-state index contributed by atoms with van der Waals surface area (Å²) < 4.78 is 28.7. The Labute approximate surface area is 163 Å². The summed E-state index contributed by atoms with van der Waals surface area (Å²) in [5.74, 6) is -1.37. The van der Waals surface area contributed by atoms with Crippen molar-refractivity contribution in [3.63, 3.8) is 0 Å². The fraction of sp³-hybridized carbons (Fsp3) is 0.100. The second-order valence-electron chi connectivity index (χ2n) is 6.39. The molecule has 146 valence electrons. The number of H-pyrrole nitrogens is 1. The van der Waals surface area contributed by atoms with Gasteiger partial charge in [0, 0.05) is 17.4 Å². The third kappa shape index (κ3) is 3.62. The van der Waals surface area contributed by atoms with Gasteiger partial charge < -0.3 is 4.90 Å². The van der Waals surface area contributed by atoms with Gasteiger partial charge in [-0.05, 0) is 43.3 Å². The molecule has 4 rings (SSSR count). The van der Waals surface area contributed by atoms with Crippen molar-refractivity contribution in [3.05, 3.63) is 93.7 Å². The van der Waals surface area contributed by atoms with Gasteiger partial charge in [0.15, 0.2) is 0 Å². The molecule has 1 amide bonds. The molecule has 0 unspecified atom stereocenters. The van der Waals surface area contributed by atoms with Crippen LogP contribution in [0, 0.1) is 18.6 Å². The second-order valence-corrected chi connectivity index (χ2v) is 6.39. The van der Waals surface area contributed by atoms with Crippen LogP contribution in [-0.2, 0) is 6.54 Å². The molecule has 29 heavy (non-hydrogen) atoms. The van der Waals surface area contributed by atoms with Gasteiger partial charge in [0.25, 0.3) is 17.2 Å². The molecule has 0 fully saturated rings. The highest BCUT2D eigenvalue weighted by Gasteiger charge is 2.22. The molecular weight excluding hydrogens is 380 g/mol. The third-order valence-corrected chi connectivity index (χ3v) is 4.30. The number of rotatable bonds is 4. The summed E-state index contributed by atoms with van der Waals surface area (Å²) in [7, 11) is 0. The van der Waals surface area contributed by atoms with E-state index in [4.69, 9.17) is 0 Å². The predicted octanol–water partition coefficient (Wildman–Crippen LogP) is 2.85. The molecular formula is C20H15F2N5O2. The average Bonchev–Trinajstić information content (AvgIpc) is 3.10. The van der Waals surface area contributed by atoms with E-state index in [-0.39, 0.29) is 29.3 Å². The number of aryl methyl sites for hydroxylation is 1. The van der Waals surface area contributed by atoms with Crippen molar-refractivity contribution < 1.29 is 13.6 Å². The molecule has 0 saturated carbocycles. The van der Waals surface area contributed by atoms with Crippen molar-refractivity contribution in [1.82, 2.24) is 19.6 Å². The molecule has 1 N–H and O–H groups in total. The second kappa shape index (κ2) is 7.27. The lowest BCUT2D eigenvalue weighted by molar-refractivity contribution is 0.0980. The Morgan fingerprint density at radius 1 is 1.10 bits per heavy atom. The van der Waals surface area contributed by atoms with Crippen LogP contribution in [0.1, 0.15) is 21.9 Å². The summed E-state index contributed by atoms with van der Waals surface area (Å²) in [5, 5.41) is 2.79. The Balaban J connectivity index is 1.77. The molecule has 0 saturated heterocycles. The smallest absolute Gasteiger partial charge is 0.274 e. The number of anilines is 1. The first-order chi connectivity index (χ1) is 13.9. The molecule has 2 aromatic heterocycles. The summed E-state index contributed by atoms with van der Waals surface area (Å²) in [6.07, 6.45) is 0.